The Labute approximate surface area is 194 Å². The molecular formula is C28H30N2O3. The zero-order chi connectivity index (χ0) is 22.9. The Bertz CT molecular complexity index is 1170. The van der Waals surface area contributed by atoms with Crippen molar-refractivity contribution in [2.45, 2.75) is 25.8 Å². The summed E-state index contributed by atoms with van der Waals surface area (Å²) in [5.41, 5.74) is 4.22. The summed E-state index contributed by atoms with van der Waals surface area (Å²) in [6, 6.07) is 26.3. The molecule has 1 amide bonds. The molecule has 2 N–H and O–H groups in total. The number of benzene rings is 3. The number of methoxy groups -OCH3 is 1. The number of ether oxygens (including phenoxy) is 1. The highest BCUT2D eigenvalue weighted by Crippen LogP contribution is 2.31. The highest BCUT2D eigenvalue weighted by Gasteiger charge is 2.17. The molecule has 1 aromatic heterocycles. The maximum Gasteiger partial charge on any atom is 0.287 e. The molecule has 5 nitrogen and oxygen atoms in total. The first-order valence-corrected chi connectivity index (χ1v) is 11.4. The molecular weight excluding hydrogens is 412 g/mol. The van der Waals surface area contributed by atoms with Crippen LogP contribution in [0.1, 0.15) is 33.7 Å². The third-order valence-electron chi connectivity index (χ3n) is 5.70. The summed E-state index contributed by atoms with van der Waals surface area (Å²) in [7, 11) is 1.61. The highest BCUT2D eigenvalue weighted by molar-refractivity contribution is 5.98. The van der Waals surface area contributed by atoms with E-state index >= 15 is 0 Å². The molecule has 170 valence electrons. The van der Waals surface area contributed by atoms with E-state index in [2.05, 4.69) is 47.0 Å². The normalized spacial score (nSPS) is 10.9. The van der Waals surface area contributed by atoms with Crippen molar-refractivity contribution in [2.24, 2.45) is 0 Å². The van der Waals surface area contributed by atoms with Crippen LogP contribution in [0.15, 0.2) is 83.3 Å². The Morgan fingerprint density at radius 3 is 2.27 bits per heavy atom. The molecule has 3 aromatic carbocycles. The zero-order valence-electron chi connectivity index (χ0n) is 19.0. The number of amides is 1. The maximum absolute atomic E-state index is 12.7. The van der Waals surface area contributed by atoms with Gasteiger partial charge in [0.1, 0.15) is 0 Å². The van der Waals surface area contributed by atoms with Crippen LogP contribution in [-0.4, -0.2) is 26.1 Å². The van der Waals surface area contributed by atoms with Gasteiger partial charge in [0.15, 0.2) is 17.1 Å². The van der Waals surface area contributed by atoms with Gasteiger partial charge in [0, 0.05) is 18.5 Å². The fourth-order valence-corrected chi connectivity index (χ4v) is 3.92. The van der Waals surface area contributed by atoms with Gasteiger partial charge in [-0.05, 0) is 54.6 Å². The topological polar surface area (TPSA) is 63.5 Å². The minimum atomic E-state index is -0.217. The largest absolute Gasteiger partial charge is 0.493 e. The first-order valence-electron chi connectivity index (χ1n) is 11.4. The molecule has 0 unspecified atom stereocenters. The van der Waals surface area contributed by atoms with Gasteiger partial charge >= 0.3 is 0 Å². The van der Waals surface area contributed by atoms with Crippen molar-refractivity contribution in [2.75, 3.05) is 20.2 Å². The number of hydrogen-bond acceptors (Lipinski definition) is 4. The zero-order valence-corrected chi connectivity index (χ0v) is 19.0. The molecule has 0 saturated carbocycles. The van der Waals surface area contributed by atoms with Crippen molar-refractivity contribution in [3.63, 3.8) is 0 Å². The Kier molecular flexibility index (Phi) is 7.77. The van der Waals surface area contributed by atoms with E-state index in [9.17, 15) is 4.79 Å². The molecule has 33 heavy (non-hydrogen) atoms. The van der Waals surface area contributed by atoms with E-state index in [1.165, 1.54) is 11.1 Å². The molecule has 1 heterocycles. The van der Waals surface area contributed by atoms with Crippen LogP contribution in [0.4, 0.5) is 0 Å². The van der Waals surface area contributed by atoms with Crippen molar-refractivity contribution in [1.82, 2.24) is 10.6 Å². The van der Waals surface area contributed by atoms with Crippen LogP contribution in [0.25, 0.3) is 11.0 Å². The Balaban J connectivity index is 1.36. The number of carbonyl (C=O) groups excluding carboxylic acids is 1. The lowest BCUT2D eigenvalue weighted by atomic mass is 10.1. The number of carbonyl (C=O) groups is 1. The second kappa shape index (κ2) is 11.3. The van der Waals surface area contributed by atoms with Crippen LogP contribution in [0.3, 0.4) is 0 Å². The second-order valence-corrected chi connectivity index (χ2v) is 8.04. The van der Waals surface area contributed by atoms with Crippen LogP contribution in [0.2, 0.25) is 0 Å². The van der Waals surface area contributed by atoms with E-state index < -0.39 is 0 Å². The number of aryl methyl sites for hydroxylation is 1. The van der Waals surface area contributed by atoms with Crippen molar-refractivity contribution < 1.29 is 13.9 Å². The second-order valence-electron chi connectivity index (χ2n) is 8.04. The third kappa shape index (κ3) is 6.02. The molecule has 0 spiro atoms. The van der Waals surface area contributed by atoms with Crippen LogP contribution < -0.4 is 15.4 Å². The van der Waals surface area contributed by atoms with Crippen molar-refractivity contribution >= 4 is 16.9 Å². The Hall–Kier alpha value is -3.57. The summed E-state index contributed by atoms with van der Waals surface area (Å²) in [6.07, 6.45) is 2.88. The third-order valence-corrected chi connectivity index (χ3v) is 5.70. The van der Waals surface area contributed by atoms with Gasteiger partial charge in [0.05, 0.1) is 7.11 Å². The molecule has 4 rings (SSSR count). The van der Waals surface area contributed by atoms with Crippen LogP contribution in [0, 0.1) is 0 Å². The summed E-state index contributed by atoms with van der Waals surface area (Å²) in [5.74, 6) is 0.708. The predicted octanol–water partition coefficient (Wildman–Crippen LogP) is 5.14. The average molecular weight is 443 g/mol. The molecule has 0 fully saturated rings. The summed E-state index contributed by atoms with van der Waals surface area (Å²) in [5, 5.41) is 7.36. The van der Waals surface area contributed by atoms with E-state index in [1.807, 2.05) is 42.5 Å². The van der Waals surface area contributed by atoms with E-state index in [4.69, 9.17) is 9.15 Å². The lowest BCUT2D eigenvalue weighted by molar-refractivity contribution is 0.0928. The summed E-state index contributed by atoms with van der Waals surface area (Å²) < 4.78 is 11.4. The minimum Gasteiger partial charge on any atom is -0.493 e. The number of furan rings is 1. The SMILES string of the molecule is COc1ccc(CNCCCc2ccccc2)c2cc(C(=O)NCCc3ccccc3)oc12. The molecule has 0 radical (unpaired) electrons. The molecule has 0 bridgehead atoms. The van der Waals surface area contributed by atoms with Gasteiger partial charge in [-0.15, -0.1) is 0 Å². The summed E-state index contributed by atoms with van der Waals surface area (Å²) in [4.78, 5) is 12.7. The minimum absolute atomic E-state index is 0.217. The molecule has 0 aliphatic heterocycles. The smallest absolute Gasteiger partial charge is 0.287 e. The standard InChI is InChI=1S/C28H30N2O3/c1-32-25-15-14-23(20-29-17-8-13-21-9-4-2-5-10-21)24-19-26(33-27(24)25)28(31)30-18-16-22-11-6-3-7-12-22/h2-7,9-12,14-15,19,29H,8,13,16-18,20H2,1H3,(H,30,31). The van der Waals surface area contributed by atoms with Crippen LogP contribution in [0.5, 0.6) is 5.75 Å². The quantitative estimate of drug-likeness (QED) is 0.316. The molecule has 5 heteroatoms. The van der Waals surface area contributed by atoms with Gasteiger partial charge in [0.25, 0.3) is 5.91 Å². The van der Waals surface area contributed by atoms with E-state index in [-0.39, 0.29) is 5.91 Å². The first kappa shape index (κ1) is 22.6. The van der Waals surface area contributed by atoms with E-state index in [0.717, 1.165) is 36.8 Å². The van der Waals surface area contributed by atoms with Gasteiger partial charge in [-0.2, -0.15) is 0 Å². The number of fused-ring (bicyclic) bond motifs is 1. The molecule has 0 atom stereocenters. The Morgan fingerprint density at radius 2 is 1.58 bits per heavy atom. The Morgan fingerprint density at radius 1 is 0.879 bits per heavy atom. The molecule has 4 aromatic rings. The number of hydrogen-bond donors (Lipinski definition) is 2. The molecule has 0 aliphatic carbocycles. The maximum atomic E-state index is 12.7. The fraction of sp³-hybridized carbons (Fsp3) is 0.250. The van der Waals surface area contributed by atoms with Gasteiger partial charge < -0.3 is 19.8 Å². The van der Waals surface area contributed by atoms with Crippen molar-refractivity contribution in [1.29, 1.82) is 0 Å². The fourth-order valence-electron chi connectivity index (χ4n) is 3.92. The van der Waals surface area contributed by atoms with Gasteiger partial charge in [-0.25, -0.2) is 0 Å². The van der Waals surface area contributed by atoms with Crippen LogP contribution >= 0.6 is 0 Å². The number of nitrogens with one attached hydrogen (secondary N) is 2. The van der Waals surface area contributed by atoms with Crippen molar-refractivity contribution in [3.8, 4) is 5.75 Å². The van der Waals surface area contributed by atoms with Gasteiger partial charge in [0.2, 0.25) is 0 Å². The number of rotatable bonds is 11. The lowest BCUT2D eigenvalue weighted by Gasteiger charge is -2.08. The molecule has 0 saturated heterocycles. The molecule has 0 aliphatic rings. The van der Waals surface area contributed by atoms with Gasteiger partial charge in [-0.1, -0.05) is 66.7 Å². The highest BCUT2D eigenvalue weighted by atomic mass is 16.5. The predicted molar refractivity (Wildman–Crippen MR) is 132 cm³/mol. The summed E-state index contributed by atoms with van der Waals surface area (Å²) in [6.45, 7) is 2.16. The lowest BCUT2D eigenvalue weighted by Crippen LogP contribution is -2.25. The van der Waals surface area contributed by atoms with E-state index in [0.29, 0.717) is 30.2 Å². The van der Waals surface area contributed by atoms with E-state index in [1.54, 1.807) is 7.11 Å². The van der Waals surface area contributed by atoms with Crippen LogP contribution in [-0.2, 0) is 19.4 Å². The monoisotopic (exact) mass is 442 g/mol. The summed E-state index contributed by atoms with van der Waals surface area (Å²) >= 11 is 0. The first-order chi connectivity index (χ1) is 16.2. The average Bonchev–Trinajstić information content (AvgIpc) is 3.31. The van der Waals surface area contributed by atoms with Gasteiger partial charge in [-0.3, -0.25) is 4.79 Å². The van der Waals surface area contributed by atoms with Crippen molar-refractivity contribution in [3.05, 3.63) is 101 Å².